The van der Waals surface area contributed by atoms with Crippen molar-refractivity contribution in [3.05, 3.63) is 65.2 Å². The maximum absolute atomic E-state index is 11.2. The zero-order chi connectivity index (χ0) is 13.2. The normalized spacial score (nSPS) is 17.1. The minimum absolute atomic E-state index is 0.496. The number of hydrogen-bond donors (Lipinski definition) is 0. The molecule has 1 atom stereocenters. The van der Waals surface area contributed by atoms with Gasteiger partial charge in [-0.15, -0.1) is 0 Å². The van der Waals surface area contributed by atoms with E-state index in [1.165, 1.54) is 5.56 Å². The summed E-state index contributed by atoms with van der Waals surface area (Å²) in [7, 11) is 0. The number of rotatable bonds is 2. The Morgan fingerprint density at radius 3 is 2.58 bits per heavy atom. The summed E-state index contributed by atoms with van der Waals surface area (Å²) < 4.78 is 5.67. The summed E-state index contributed by atoms with van der Waals surface area (Å²) in [5.41, 5.74) is 3.66. The Balaban J connectivity index is 2.07. The first-order valence-electron chi connectivity index (χ1n) is 6.14. The van der Waals surface area contributed by atoms with Gasteiger partial charge >= 0.3 is 0 Å². The predicted octanol–water partition coefficient (Wildman–Crippen LogP) is 3.34. The van der Waals surface area contributed by atoms with Crippen LogP contribution in [0.2, 0.25) is 0 Å². The van der Waals surface area contributed by atoms with Crippen molar-refractivity contribution in [2.45, 2.75) is 13.0 Å². The second-order valence-corrected chi connectivity index (χ2v) is 4.52. The number of para-hydroxylation sites is 1. The molecular formula is C16H13NO2. The summed E-state index contributed by atoms with van der Waals surface area (Å²) in [4.78, 5) is 15.7. The highest BCUT2D eigenvalue weighted by atomic mass is 16.5. The highest BCUT2D eigenvalue weighted by Gasteiger charge is 2.23. The quantitative estimate of drug-likeness (QED) is 0.768. The highest BCUT2D eigenvalue weighted by molar-refractivity contribution is 5.98. The van der Waals surface area contributed by atoms with Crippen molar-refractivity contribution >= 4 is 17.9 Å². The molecular weight excluding hydrogens is 238 g/mol. The lowest BCUT2D eigenvalue weighted by Crippen LogP contribution is -2.17. The molecule has 0 saturated carbocycles. The molecule has 0 N–H and O–H groups in total. The molecule has 2 aromatic carbocycles. The lowest BCUT2D eigenvalue weighted by molar-refractivity contribution is -0.114. The summed E-state index contributed by atoms with van der Waals surface area (Å²) in [5.74, 6) is 0.496. The molecule has 1 aliphatic rings. The molecule has 0 saturated heterocycles. The van der Waals surface area contributed by atoms with E-state index in [2.05, 4.69) is 4.99 Å². The van der Waals surface area contributed by atoms with Crippen molar-refractivity contribution in [1.82, 2.24) is 0 Å². The van der Waals surface area contributed by atoms with Gasteiger partial charge in [-0.2, -0.15) is 0 Å². The standard InChI is InChI=1S/C16H13NO2/c1-11-6-8-12(9-7-11)16-17-14-5-3-2-4-13(14)15(10-18)19-16/h2-10,15H,1H3. The van der Waals surface area contributed by atoms with E-state index in [4.69, 9.17) is 4.74 Å². The van der Waals surface area contributed by atoms with Crippen LogP contribution in [-0.4, -0.2) is 12.2 Å². The summed E-state index contributed by atoms with van der Waals surface area (Å²) in [5, 5.41) is 0. The second-order valence-electron chi connectivity index (χ2n) is 4.52. The van der Waals surface area contributed by atoms with Crippen LogP contribution in [0.4, 0.5) is 5.69 Å². The van der Waals surface area contributed by atoms with Gasteiger partial charge in [0, 0.05) is 11.1 Å². The van der Waals surface area contributed by atoms with Crippen LogP contribution in [0, 0.1) is 6.92 Å². The van der Waals surface area contributed by atoms with Crippen LogP contribution in [0.15, 0.2) is 53.5 Å². The van der Waals surface area contributed by atoms with Gasteiger partial charge in [-0.25, -0.2) is 4.99 Å². The van der Waals surface area contributed by atoms with Crippen molar-refractivity contribution in [1.29, 1.82) is 0 Å². The van der Waals surface area contributed by atoms with E-state index in [1.54, 1.807) is 0 Å². The topological polar surface area (TPSA) is 38.7 Å². The smallest absolute Gasteiger partial charge is 0.222 e. The number of hydrogen-bond acceptors (Lipinski definition) is 3. The van der Waals surface area contributed by atoms with E-state index in [9.17, 15) is 4.79 Å². The van der Waals surface area contributed by atoms with Gasteiger partial charge in [0.2, 0.25) is 5.90 Å². The number of nitrogens with zero attached hydrogens (tertiary/aromatic N) is 1. The summed E-state index contributed by atoms with van der Waals surface area (Å²) in [6, 6.07) is 15.4. The minimum Gasteiger partial charge on any atom is -0.461 e. The Morgan fingerprint density at radius 2 is 1.84 bits per heavy atom. The van der Waals surface area contributed by atoms with Crippen molar-refractivity contribution in [3.8, 4) is 0 Å². The van der Waals surface area contributed by atoms with Crippen LogP contribution in [0.25, 0.3) is 0 Å². The second kappa shape index (κ2) is 4.69. The third-order valence-corrected chi connectivity index (χ3v) is 3.13. The van der Waals surface area contributed by atoms with Gasteiger partial charge in [0.05, 0.1) is 5.69 Å². The maximum atomic E-state index is 11.2. The van der Waals surface area contributed by atoms with Crippen molar-refractivity contribution in [2.24, 2.45) is 4.99 Å². The molecule has 0 aliphatic carbocycles. The number of benzene rings is 2. The summed E-state index contributed by atoms with van der Waals surface area (Å²) in [6.07, 6.45) is 0.229. The molecule has 3 heteroatoms. The van der Waals surface area contributed by atoms with Crippen molar-refractivity contribution < 1.29 is 9.53 Å². The number of aryl methyl sites for hydroxylation is 1. The van der Waals surface area contributed by atoms with Gasteiger partial charge in [-0.1, -0.05) is 35.9 Å². The SMILES string of the molecule is Cc1ccc(C2=Nc3ccccc3C(C=O)O2)cc1. The summed E-state index contributed by atoms with van der Waals surface area (Å²) >= 11 is 0. The molecule has 19 heavy (non-hydrogen) atoms. The first kappa shape index (κ1) is 11.7. The number of fused-ring (bicyclic) bond motifs is 1. The van der Waals surface area contributed by atoms with Crippen LogP contribution in [0.1, 0.15) is 22.8 Å². The number of aliphatic imine (C=N–C) groups is 1. The summed E-state index contributed by atoms with van der Waals surface area (Å²) in [6.45, 7) is 2.02. The van der Waals surface area contributed by atoms with Crippen LogP contribution < -0.4 is 0 Å². The Labute approximate surface area is 111 Å². The van der Waals surface area contributed by atoms with E-state index in [1.807, 2.05) is 55.5 Å². The predicted molar refractivity (Wildman–Crippen MR) is 73.7 cm³/mol. The number of carbonyl (C=O) groups is 1. The minimum atomic E-state index is -0.579. The van der Waals surface area contributed by atoms with Gasteiger partial charge in [0.15, 0.2) is 12.4 Å². The van der Waals surface area contributed by atoms with E-state index >= 15 is 0 Å². The first-order valence-corrected chi connectivity index (χ1v) is 6.14. The Kier molecular flexibility index (Phi) is 2.88. The fourth-order valence-corrected chi connectivity index (χ4v) is 2.08. The van der Waals surface area contributed by atoms with E-state index in [0.29, 0.717) is 5.90 Å². The van der Waals surface area contributed by atoms with Crippen molar-refractivity contribution in [3.63, 3.8) is 0 Å². The van der Waals surface area contributed by atoms with E-state index in [-0.39, 0.29) is 0 Å². The molecule has 0 radical (unpaired) electrons. The molecule has 1 heterocycles. The zero-order valence-electron chi connectivity index (χ0n) is 10.5. The lowest BCUT2D eigenvalue weighted by atomic mass is 10.1. The van der Waals surface area contributed by atoms with Gasteiger partial charge in [-0.3, -0.25) is 4.79 Å². The van der Waals surface area contributed by atoms with E-state index < -0.39 is 6.10 Å². The Hall–Kier alpha value is -2.42. The molecule has 0 fully saturated rings. The molecule has 2 aromatic rings. The molecule has 0 amide bonds. The van der Waals surface area contributed by atoms with Crippen LogP contribution in [0.3, 0.4) is 0 Å². The van der Waals surface area contributed by atoms with Crippen molar-refractivity contribution in [2.75, 3.05) is 0 Å². The van der Waals surface area contributed by atoms with Crippen LogP contribution in [-0.2, 0) is 9.53 Å². The maximum Gasteiger partial charge on any atom is 0.222 e. The van der Waals surface area contributed by atoms with Gasteiger partial charge < -0.3 is 4.74 Å². The fraction of sp³-hybridized carbons (Fsp3) is 0.125. The average Bonchev–Trinajstić information content (AvgIpc) is 2.47. The Bertz CT molecular complexity index is 644. The van der Waals surface area contributed by atoms with Crippen LogP contribution in [0.5, 0.6) is 0 Å². The molecule has 94 valence electrons. The number of ether oxygens (including phenoxy) is 1. The molecule has 3 rings (SSSR count). The molecule has 1 unspecified atom stereocenters. The van der Waals surface area contributed by atoms with E-state index in [0.717, 1.165) is 23.1 Å². The molecule has 3 nitrogen and oxygen atoms in total. The largest absolute Gasteiger partial charge is 0.461 e. The molecule has 0 aromatic heterocycles. The third-order valence-electron chi connectivity index (χ3n) is 3.13. The Morgan fingerprint density at radius 1 is 1.11 bits per heavy atom. The number of aldehydes is 1. The molecule has 0 spiro atoms. The average molecular weight is 251 g/mol. The molecule has 0 bridgehead atoms. The van der Waals surface area contributed by atoms with Crippen LogP contribution >= 0.6 is 0 Å². The lowest BCUT2D eigenvalue weighted by Gasteiger charge is -2.22. The van der Waals surface area contributed by atoms with Gasteiger partial charge in [-0.05, 0) is 25.1 Å². The van der Waals surface area contributed by atoms with Gasteiger partial charge in [0.25, 0.3) is 0 Å². The fourth-order valence-electron chi connectivity index (χ4n) is 2.08. The number of carbonyl (C=O) groups excluding carboxylic acids is 1. The molecule has 1 aliphatic heterocycles. The zero-order valence-corrected chi connectivity index (χ0v) is 10.5. The van der Waals surface area contributed by atoms with Gasteiger partial charge in [0.1, 0.15) is 0 Å². The first-order chi connectivity index (χ1) is 9.28. The monoisotopic (exact) mass is 251 g/mol. The highest BCUT2D eigenvalue weighted by Crippen LogP contribution is 2.32. The third kappa shape index (κ3) is 2.15.